The number of nitrogens with two attached hydrogens (primary N) is 1. The van der Waals surface area contributed by atoms with Gasteiger partial charge in [0.2, 0.25) is 0 Å². The summed E-state index contributed by atoms with van der Waals surface area (Å²) in [7, 11) is 2.13. The van der Waals surface area contributed by atoms with Gasteiger partial charge in [-0.25, -0.2) is 4.98 Å². The van der Waals surface area contributed by atoms with E-state index in [1.54, 1.807) is 18.6 Å². The second-order valence-corrected chi connectivity index (χ2v) is 10.9. The average Bonchev–Trinajstić information content (AvgIpc) is 3.49. The van der Waals surface area contributed by atoms with Crippen LogP contribution in [0.25, 0.3) is 16.0 Å². The van der Waals surface area contributed by atoms with E-state index in [0.717, 1.165) is 48.2 Å². The first-order chi connectivity index (χ1) is 18.5. The van der Waals surface area contributed by atoms with Crippen molar-refractivity contribution in [2.45, 2.75) is 38.7 Å². The second kappa shape index (κ2) is 10.6. The molecular weight excluding hydrogens is 529 g/mol. The number of nitrogens with zero attached hydrogens (tertiary/aromatic N) is 5. The fourth-order valence-electron chi connectivity index (χ4n) is 4.82. The van der Waals surface area contributed by atoms with Crippen molar-refractivity contribution in [2.24, 2.45) is 5.73 Å². The van der Waals surface area contributed by atoms with Crippen molar-refractivity contribution >= 4 is 28.3 Å². The van der Waals surface area contributed by atoms with E-state index in [1.165, 1.54) is 25.1 Å². The molecule has 1 amide bonds. The summed E-state index contributed by atoms with van der Waals surface area (Å²) in [6, 6.07) is 9.26. The number of primary amides is 1. The predicted octanol–water partition coefficient (Wildman–Crippen LogP) is 4.88. The number of hydrogen-bond acceptors (Lipinski definition) is 7. The molecule has 0 bridgehead atoms. The van der Waals surface area contributed by atoms with Crippen LogP contribution in [-0.2, 0) is 12.7 Å². The normalized spacial score (nSPS) is 17.9. The van der Waals surface area contributed by atoms with E-state index >= 15 is 0 Å². The zero-order valence-corrected chi connectivity index (χ0v) is 22.6. The largest absolute Gasteiger partial charge is 0.484 e. The Morgan fingerprint density at radius 3 is 2.72 bits per heavy atom. The van der Waals surface area contributed by atoms with Crippen LogP contribution in [0.1, 0.15) is 46.4 Å². The molecule has 1 aromatic carbocycles. The molecule has 1 fully saturated rings. The summed E-state index contributed by atoms with van der Waals surface area (Å²) < 4.78 is 48.4. The second-order valence-electron chi connectivity index (χ2n) is 9.83. The molecule has 1 unspecified atom stereocenters. The highest BCUT2D eigenvalue weighted by Crippen LogP contribution is 2.39. The Balaban J connectivity index is 1.44. The number of carbonyl (C=O) groups excluding carboxylic acids is 1. The minimum atomic E-state index is -4.54. The van der Waals surface area contributed by atoms with E-state index < -0.39 is 23.8 Å². The lowest BCUT2D eigenvalue weighted by Crippen LogP contribution is -2.49. The number of halogens is 3. The predicted molar refractivity (Wildman–Crippen MR) is 143 cm³/mol. The Hall–Kier alpha value is -3.48. The lowest BCUT2D eigenvalue weighted by atomic mass is 10.0. The molecule has 2 atom stereocenters. The zero-order valence-electron chi connectivity index (χ0n) is 21.8. The van der Waals surface area contributed by atoms with Crippen LogP contribution in [0.15, 0.2) is 48.9 Å². The van der Waals surface area contributed by atoms with Gasteiger partial charge in [0.1, 0.15) is 33.6 Å². The summed E-state index contributed by atoms with van der Waals surface area (Å²) in [5, 5.41) is 0.600. The molecule has 1 aliphatic rings. The van der Waals surface area contributed by atoms with Crippen molar-refractivity contribution in [1.29, 1.82) is 0 Å². The number of hydrogen-bond donors (Lipinski definition) is 1. The van der Waals surface area contributed by atoms with E-state index in [1.807, 2.05) is 10.6 Å². The first-order valence-electron chi connectivity index (χ1n) is 12.5. The van der Waals surface area contributed by atoms with Gasteiger partial charge < -0.3 is 15.4 Å². The molecule has 0 radical (unpaired) electrons. The number of carbonyl (C=O) groups is 1. The number of amides is 1. The summed E-state index contributed by atoms with van der Waals surface area (Å²) in [5.41, 5.74) is 7.16. The minimum Gasteiger partial charge on any atom is -0.484 e. The molecule has 39 heavy (non-hydrogen) atoms. The molecule has 12 heteroatoms. The molecule has 0 aliphatic carbocycles. The van der Waals surface area contributed by atoms with Gasteiger partial charge in [-0.1, -0.05) is 18.2 Å². The molecule has 0 saturated carbocycles. The Bertz CT molecular complexity index is 1500. The molecule has 1 aliphatic heterocycles. The molecule has 5 rings (SSSR count). The third-order valence-electron chi connectivity index (χ3n) is 7.07. The van der Waals surface area contributed by atoms with Crippen LogP contribution in [0.4, 0.5) is 13.2 Å². The molecule has 8 nitrogen and oxygen atoms in total. The molecule has 4 aromatic rings. The van der Waals surface area contributed by atoms with Gasteiger partial charge in [0.25, 0.3) is 5.91 Å². The third kappa shape index (κ3) is 5.63. The minimum absolute atomic E-state index is 0.0322. The van der Waals surface area contributed by atoms with Crippen LogP contribution in [0, 0.1) is 0 Å². The number of pyridine rings is 1. The average molecular weight is 559 g/mol. The molecule has 1 saturated heterocycles. The maximum absolute atomic E-state index is 13.6. The SMILES string of the molecule is CC1CN(Cc2cc3c(cn2)ncn3-c2cc(O[C@H](C)c3ccccc3C(F)(F)F)c(C(N)=O)s2)CCN1C. The number of piperazine rings is 1. The number of rotatable bonds is 7. The Morgan fingerprint density at radius 2 is 2.00 bits per heavy atom. The van der Waals surface area contributed by atoms with Crippen LogP contribution in [0.2, 0.25) is 0 Å². The van der Waals surface area contributed by atoms with E-state index in [2.05, 4.69) is 33.7 Å². The van der Waals surface area contributed by atoms with Crippen LogP contribution < -0.4 is 10.5 Å². The first-order valence-corrected chi connectivity index (χ1v) is 13.3. The van der Waals surface area contributed by atoms with Crippen molar-refractivity contribution in [3.8, 4) is 10.8 Å². The van der Waals surface area contributed by atoms with E-state index in [9.17, 15) is 18.0 Å². The van der Waals surface area contributed by atoms with Crippen LogP contribution in [-0.4, -0.2) is 63.0 Å². The van der Waals surface area contributed by atoms with Crippen LogP contribution in [0.5, 0.6) is 5.75 Å². The first kappa shape index (κ1) is 27.1. The fourth-order valence-corrected chi connectivity index (χ4v) is 5.74. The number of imidazole rings is 1. The summed E-state index contributed by atoms with van der Waals surface area (Å²) in [5.74, 6) is -0.608. The summed E-state index contributed by atoms with van der Waals surface area (Å²) in [6.45, 7) is 7.29. The maximum atomic E-state index is 13.6. The third-order valence-corrected chi connectivity index (χ3v) is 8.20. The van der Waals surface area contributed by atoms with Gasteiger partial charge >= 0.3 is 6.18 Å². The number of benzene rings is 1. The summed E-state index contributed by atoms with van der Waals surface area (Å²) >= 11 is 1.09. The molecule has 206 valence electrons. The van der Waals surface area contributed by atoms with Gasteiger partial charge in [-0.3, -0.25) is 19.2 Å². The Morgan fingerprint density at radius 1 is 1.23 bits per heavy atom. The summed E-state index contributed by atoms with van der Waals surface area (Å²) in [6.07, 6.45) is -2.18. The Labute approximate surface area is 227 Å². The van der Waals surface area contributed by atoms with Crippen LogP contribution >= 0.6 is 11.3 Å². The number of likely N-dealkylation sites (N-methyl/N-ethyl adjacent to an activating group) is 1. The van der Waals surface area contributed by atoms with Crippen LogP contribution in [0.3, 0.4) is 0 Å². The monoisotopic (exact) mass is 558 g/mol. The highest BCUT2D eigenvalue weighted by atomic mass is 32.1. The quantitative estimate of drug-likeness (QED) is 0.348. The van der Waals surface area contributed by atoms with Gasteiger partial charge in [-0.2, -0.15) is 13.2 Å². The Kier molecular flexibility index (Phi) is 7.36. The van der Waals surface area contributed by atoms with Gasteiger partial charge in [0.05, 0.1) is 23.0 Å². The number of ether oxygens (including phenoxy) is 1. The van der Waals surface area contributed by atoms with Gasteiger partial charge in [0.15, 0.2) is 0 Å². The van der Waals surface area contributed by atoms with Gasteiger partial charge in [-0.05, 0) is 33.0 Å². The molecule has 2 N–H and O–H groups in total. The maximum Gasteiger partial charge on any atom is 0.416 e. The van der Waals surface area contributed by atoms with Gasteiger partial charge in [0, 0.05) is 43.9 Å². The molecular formula is C27H29F3N6O2S. The zero-order chi connectivity index (χ0) is 27.9. The van der Waals surface area contributed by atoms with Gasteiger partial charge in [-0.15, -0.1) is 11.3 Å². The number of thiophene rings is 1. The van der Waals surface area contributed by atoms with Crippen molar-refractivity contribution < 1.29 is 22.7 Å². The van der Waals surface area contributed by atoms with E-state index in [4.69, 9.17) is 10.5 Å². The van der Waals surface area contributed by atoms with Crippen molar-refractivity contribution in [1.82, 2.24) is 24.3 Å². The van der Waals surface area contributed by atoms with Crippen molar-refractivity contribution in [3.05, 3.63) is 70.6 Å². The van der Waals surface area contributed by atoms with E-state index in [0.29, 0.717) is 23.1 Å². The highest BCUT2D eigenvalue weighted by molar-refractivity contribution is 7.16. The number of fused-ring (bicyclic) bond motifs is 1. The molecule has 3 aromatic heterocycles. The molecule has 0 spiro atoms. The van der Waals surface area contributed by atoms with Crippen molar-refractivity contribution in [2.75, 3.05) is 26.7 Å². The summed E-state index contributed by atoms with van der Waals surface area (Å²) in [4.78, 5) is 26.1. The standard InChI is InChI=1S/C27H29F3N6O2S/c1-16-13-35(9-8-34(16)3)14-18-10-22-21(12-32-18)33-15-36(22)24-11-23(25(39-24)26(31)37)38-17(2)19-6-4-5-7-20(19)27(28,29)30/h4-7,10-12,15-17H,8-9,13-14H2,1-3H3,(H2,31,37)/t16?,17-/m1/s1. The van der Waals surface area contributed by atoms with Crippen molar-refractivity contribution in [3.63, 3.8) is 0 Å². The molecule has 4 heterocycles. The van der Waals surface area contributed by atoms with E-state index in [-0.39, 0.29) is 16.2 Å². The smallest absolute Gasteiger partial charge is 0.416 e. The lowest BCUT2D eigenvalue weighted by Gasteiger charge is -2.37. The topological polar surface area (TPSA) is 89.5 Å². The number of alkyl halides is 3. The number of aromatic nitrogens is 3. The fraction of sp³-hybridized carbons (Fsp3) is 0.370. The highest BCUT2D eigenvalue weighted by Gasteiger charge is 2.35. The lowest BCUT2D eigenvalue weighted by molar-refractivity contribution is -0.139.